The summed E-state index contributed by atoms with van der Waals surface area (Å²) in [5.74, 6) is -0.811. The number of hydrogen-bond acceptors (Lipinski definition) is 6. The van der Waals surface area contributed by atoms with Crippen LogP contribution in [-0.4, -0.2) is 32.9 Å². The van der Waals surface area contributed by atoms with Crippen molar-refractivity contribution in [3.63, 3.8) is 0 Å². The fraction of sp³-hybridized carbons (Fsp3) is 0.100. The third-order valence-corrected chi connectivity index (χ3v) is 4.30. The van der Waals surface area contributed by atoms with E-state index < -0.39 is 17.6 Å². The summed E-state index contributed by atoms with van der Waals surface area (Å²) in [7, 11) is 1.26. The van der Waals surface area contributed by atoms with Crippen LogP contribution in [0.25, 0.3) is 17.0 Å². The Balaban J connectivity index is 1.62. The van der Waals surface area contributed by atoms with E-state index >= 15 is 0 Å². The van der Waals surface area contributed by atoms with Crippen molar-refractivity contribution in [3.8, 4) is 11.4 Å². The maximum Gasteiger partial charge on any atom is 0.337 e. The maximum absolute atomic E-state index is 14.1. The standard InChI is InChI=1S/C20H15F2N5O2/c1-29-20(28)12-6-7-15(21)13(10-12)11-23-17-8-9-18-24-25-19(27(18)26-17)14-4-2-3-5-16(14)22/h2-10H,11H2,1H3,(H,23,26). The second-order valence-corrected chi connectivity index (χ2v) is 6.14. The second-order valence-electron chi connectivity index (χ2n) is 6.14. The average Bonchev–Trinajstić information content (AvgIpc) is 3.16. The number of benzene rings is 2. The van der Waals surface area contributed by atoms with Gasteiger partial charge >= 0.3 is 5.97 Å². The SMILES string of the molecule is COC(=O)c1ccc(F)c(CNc2ccc3nnc(-c4ccccc4F)n3n2)c1. The molecule has 2 heterocycles. The Morgan fingerprint density at radius 3 is 2.69 bits per heavy atom. The summed E-state index contributed by atoms with van der Waals surface area (Å²) < 4.78 is 34.3. The van der Waals surface area contributed by atoms with Gasteiger partial charge in [-0.15, -0.1) is 15.3 Å². The van der Waals surface area contributed by atoms with Crippen molar-refractivity contribution in [1.29, 1.82) is 0 Å². The Morgan fingerprint density at radius 2 is 1.90 bits per heavy atom. The number of fused-ring (bicyclic) bond motifs is 1. The van der Waals surface area contributed by atoms with Crippen LogP contribution in [0.5, 0.6) is 0 Å². The molecular formula is C20H15F2N5O2. The van der Waals surface area contributed by atoms with Crippen molar-refractivity contribution in [2.75, 3.05) is 12.4 Å². The number of ether oxygens (including phenoxy) is 1. The second kappa shape index (κ2) is 7.63. The van der Waals surface area contributed by atoms with E-state index in [1.807, 2.05) is 0 Å². The molecule has 0 radical (unpaired) electrons. The van der Waals surface area contributed by atoms with Gasteiger partial charge in [-0.2, -0.15) is 4.52 Å². The number of esters is 1. The van der Waals surface area contributed by atoms with Crippen LogP contribution in [0.2, 0.25) is 0 Å². The largest absolute Gasteiger partial charge is 0.465 e. The molecule has 0 atom stereocenters. The number of nitrogens with zero attached hydrogens (tertiary/aromatic N) is 4. The van der Waals surface area contributed by atoms with Crippen LogP contribution < -0.4 is 5.32 Å². The lowest BCUT2D eigenvalue weighted by atomic mass is 10.1. The van der Waals surface area contributed by atoms with E-state index in [9.17, 15) is 13.6 Å². The normalized spacial score (nSPS) is 10.9. The van der Waals surface area contributed by atoms with Crippen LogP contribution in [-0.2, 0) is 11.3 Å². The molecule has 29 heavy (non-hydrogen) atoms. The summed E-state index contributed by atoms with van der Waals surface area (Å²) in [5.41, 5.74) is 1.22. The smallest absolute Gasteiger partial charge is 0.337 e. The van der Waals surface area contributed by atoms with Crippen LogP contribution in [0.1, 0.15) is 15.9 Å². The highest BCUT2D eigenvalue weighted by Gasteiger charge is 2.14. The molecule has 2 aromatic carbocycles. The zero-order chi connectivity index (χ0) is 20.4. The van der Waals surface area contributed by atoms with E-state index in [1.165, 1.54) is 35.9 Å². The van der Waals surface area contributed by atoms with E-state index in [0.29, 0.717) is 11.5 Å². The molecule has 2 aromatic heterocycles. The first kappa shape index (κ1) is 18.5. The lowest BCUT2D eigenvalue weighted by Gasteiger charge is -2.09. The highest BCUT2D eigenvalue weighted by atomic mass is 19.1. The molecule has 0 aliphatic rings. The molecule has 0 amide bonds. The van der Waals surface area contributed by atoms with E-state index in [-0.39, 0.29) is 29.1 Å². The predicted octanol–water partition coefficient (Wildman–Crippen LogP) is 3.47. The molecule has 0 aliphatic heterocycles. The van der Waals surface area contributed by atoms with Crippen LogP contribution in [0, 0.1) is 11.6 Å². The first-order valence-electron chi connectivity index (χ1n) is 8.65. The number of rotatable bonds is 5. The average molecular weight is 395 g/mol. The van der Waals surface area contributed by atoms with Crippen molar-refractivity contribution in [2.45, 2.75) is 6.54 Å². The Kier molecular flexibility index (Phi) is 4.86. The molecule has 7 nitrogen and oxygen atoms in total. The highest BCUT2D eigenvalue weighted by Crippen LogP contribution is 2.21. The number of halogens is 2. The van der Waals surface area contributed by atoms with Gasteiger partial charge in [0.25, 0.3) is 0 Å². The van der Waals surface area contributed by atoms with Gasteiger partial charge in [0.2, 0.25) is 0 Å². The highest BCUT2D eigenvalue weighted by molar-refractivity contribution is 5.89. The number of hydrogen-bond donors (Lipinski definition) is 1. The molecule has 4 aromatic rings. The molecule has 146 valence electrons. The minimum atomic E-state index is -0.551. The van der Waals surface area contributed by atoms with E-state index in [2.05, 4.69) is 25.3 Å². The number of carbonyl (C=O) groups is 1. The Hall–Kier alpha value is -3.88. The third kappa shape index (κ3) is 3.62. The minimum absolute atomic E-state index is 0.0757. The summed E-state index contributed by atoms with van der Waals surface area (Å²) >= 11 is 0. The van der Waals surface area contributed by atoms with Crippen molar-refractivity contribution >= 4 is 17.4 Å². The molecule has 0 unspecified atom stereocenters. The van der Waals surface area contributed by atoms with Crippen LogP contribution >= 0.6 is 0 Å². The number of carbonyl (C=O) groups excluding carboxylic acids is 1. The van der Waals surface area contributed by atoms with Crippen molar-refractivity contribution in [1.82, 2.24) is 19.8 Å². The molecule has 0 saturated heterocycles. The van der Waals surface area contributed by atoms with Crippen molar-refractivity contribution in [3.05, 3.63) is 77.4 Å². The molecule has 0 aliphatic carbocycles. The van der Waals surface area contributed by atoms with Gasteiger partial charge in [-0.1, -0.05) is 12.1 Å². The topological polar surface area (TPSA) is 81.4 Å². The molecule has 0 spiro atoms. The fourth-order valence-corrected chi connectivity index (χ4v) is 2.83. The quantitative estimate of drug-likeness (QED) is 0.521. The maximum atomic E-state index is 14.1. The van der Waals surface area contributed by atoms with Crippen LogP contribution in [0.3, 0.4) is 0 Å². The number of anilines is 1. The van der Waals surface area contributed by atoms with Gasteiger partial charge in [-0.05, 0) is 42.5 Å². The molecule has 0 saturated carbocycles. The third-order valence-electron chi connectivity index (χ3n) is 4.30. The van der Waals surface area contributed by atoms with Gasteiger partial charge in [-0.25, -0.2) is 13.6 Å². The van der Waals surface area contributed by atoms with E-state index in [0.717, 1.165) is 0 Å². The first-order valence-corrected chi connectivity index (χ1v) is 8.65. The summed E-state index contributed by atoms with van der Waals surface area (Å²) in [6.07, 6.45) is 0. The van der Waals surface area contributed by atoms with E-state index in [1.54, 1.807) is 30.3 Å². The van der Waals surface area contributed by atoms with Gasteiger partial charge in [-0.3, -0.25) is 0 Å². The Bertz CT molecular complexity index is 1210. The van der Waals surface area contributed by atoms with Gasteiger partial charge in [0.15, 0.2) is 11.5 Å². The van der Waals surface area contributed by atoms with Gasteiger partial charge < -0.3 is 10.1 Å². The zero-order valence-electron chi connectivity index (χ0n) is 15.3. The lowest BCUT2D eigenvalue weighted by Crippen LogP contribution is -2.08. The molecular weight excluding hydrogens is 380 g/mol. The van der Waals surface area contributed by atoms with Crippen molar-refractivity contribution < 1.29 is 18.3 Å². The monoisotopic (exact) mass is 395 g/mol. The summed E-state index contributed by atoms with van der Waals surface area (Å²) in [4.78, 5) is 11.6. The Morgan fingerprint density at radius 1 is 1.07 bits per heavy atom. The number of methoxy groups -OCH3 is 1. The minimum Gasteiger partial charge on any atom is -0.465 e. The van der Waals surface area contributed by atoms with Gasteiger partial charge in [0.1, 0.15) is 17.5 Å². The first-order chi connectivity index (χ1) is 14.1. The molecule has 0 fully saturated rings. The number of nitrogens with one attached hydrogen (secondary N) is 1. The fourth-order valence-electron chi connectivity index (χ4n) is 2.83. The molecule has 1 N–H and O–H groups in total. The summed E-state index contributed by atoms with van der Waals surface area (Å²) in [6.45, 7) is 0.0757. The van der Waals surface area contributed by atoms with Gasteiger partial charge in [0, 0.05) is 12.1 Å². The predicted molar refractivity (Wildman–Crippen MR) is 101 cm³/mol. The van der Waals surface area contributed by atoms with Crippen LogP contribution in [0.4, 0.5) is 14.6 Å². The molecule has 0 bridgehead atoms. The Labute approximate surface area is 164 Å². The number of aromatic nitrogens is 4. The lowest BCUT2D eigenvalue weighted by molar-refractivity contribution is 0.0600. The molecule has 9 heteroatoms. The van der Waals surface area contributed by atoms with Crippen LogP contribution in [0.15, 0.2) is 54.6 Å². The van der Waals surface area contributed by atoms with Crippen molar-refractivity contribution in [2.24, 2.45) is 0 Å². The molecule has 4 rings (SSSR count). The zero-order valence-corrected chi connectivity index (χ0v) is 15.3. The van der Waals surface area contributed by atoms with E-state index in [4.69, 9.17) is 0 Å². The summed E-state index contributed by atoms with van der Waals surface area (Å²) in [5, 5.41) is 15.4. The summed E-state index contributed by atoms with van der Waals surface area (Å²) in [6, 6.07) is 13.5. The van der Waals surface area contributed by atoms with Gasteiger partial charge in [0.05, 0.1) is 18.2 Å².